The molecule has 0 radical (unpaired) electrons. The molecule has 0 amide bonds. The van der Waals surface area contributed by atoms with Gasteiger partial charge >= 0.3 is 0 Å². The largest absolute Gasteiger partial charge is 0.768 e. The van der Waals surface area contributed by atoms with E-state index < -0.39 is 11.1 Å². The Morgan fingerprint density at radius 3 is 1.67 bits per heavy atom. The van der Waals surface area contributed by atoms with Crippen molar-refractivity contribution in [2.24, 2.45) is 0 Å². The monoisotopic (exact) mass is 341 g/mol. The van der Waals surface area contributed by atoms with Crippen LogP contribution >= 0.6 is 0 Å². The van der Waals surface area contributed by atoms with Crippen molar-refractivity contribution in [3.05, 3.63) is 90.5 Å². The smallest absolute Gasteiger partial charge is 0.0277 e. The Kier molecular flexibility index (Phi) is 11.5. The third-order valence-electron chi connectivity index (χ3n) is 2.38. The van der Waals surface area contributed by atoms with Crippen LogP contribution < -0.4 is 0 Å². The molecule has 3 rings (SSSR count). The van der Waals surface area contributed by atoms with Crippen LogP contribution in [0, 0.1) is 6.92 Å². The van der Waals surface area contributed by atoms with Crippen molar-refractivity contribution in [1.29, 1.82) is 0 Å². The maximum atomic E-state index is 10.4. The summed E-state index contributed by atoms with van der Waals surface area (Å²) in [5.41, 5.74) is 0.788. The van der Waals surface area contributed by atoms with Gasteiger partial charge in [0.2, 0.25) is 0 Å². The Bertz CT molecular complexity index is 514. The van der Waals surface area contributed by atoms with Crippen LogP contribution in [0.3, 0.4) is 0 Å². The van der Waals surface area contributed by atoms with Crippen LogP contribution in [0.2, 0.25) is 0 Å². The summed E-state index contributed by atoms with van der Waals surface area (Å²) in [6.45, 7) is 1.77. The minimum atomic E-state index is -2.09. The molecule has 21 heavy (non-hydrogen) atoms. The molecule has 0 aromatic heterocycles. The molecule has 0 bridgehead atoms. The molecule has 0 N–H and O–H groups in total. The van der Waals surface area contributed by atoms with E-state index in [2.05, 4.69) is 0 Å². The molecule has 3 aromatic rings. The first-order valence-corrected chi connectivity index (χ1v) is 7.27. The van der Waals surface area contributed by atoms with Gasteiger partial charge in [0.25, 0.3) is 0 Å². The topological polar surface area (TPSA) is 40.1 Å². The summed E-state index contributed by atoms with van der Waals surface area (Å²) in [6.07, 6.45) is 0. The van der Waals surface area contributed by atoms with Gasteiger partial charge in [0, 0.05) is 22.0 Å². The average Bonchev–Trinajstić information content (AvgIpc) is 3.18. The fourth-order valence-corrected chi connectivity index (χ4v) is 1.91. The first-order valence-electron chi connectivity index (χ1n) is 6.20. The minimum absolute atomic E-state index is 0. The summed E-state index contributed by atoms with van der Waals surface area (Å²) in [4.78, 5) is 0.377. The molecule has 0 spiro atoms. The fraction of sp³-hybridized carbons (Fsp3) is 0.0588. The zero-order valence-corrected chi connectivity index (χ0v) is 13.6. The summed E-state index contributed by atoms with van der Waals surface area (Å²) in [6, 6.07) is 26.9. The van der Waals surface area contributed by atoms with Gasteiger partial charge in [-0.05, 0) is 29.6 Å². The normalized spacial score (nSPS) is 10.0. The van der Waals surface area contributed by atoms with E-state index in [4.69, 9.17) is 0 Å². The molecule has 1 unspecified atom stereocenters. The van der Waals surface area contributed by atoms with Crippen LogP contribution in [0.5, 0.6) is 0 Å². The number of benzene rings is 1. The number of hydrogen-bond donors (Lipinski definition) is 0. The molecule has 2 nitrogen and oxygen atoms in total. The quantitative estimate of drug-likeness (QED) is 0.381. The Balaban J connectivity index is 0.000000307. The van der Waals surface area contributed by atoms with E-state index in [9.17, 15) is 8.76 Å². The predicted octanol–water partition coefficient (Wildman–Crippen LogP) is 4.04. The molecule has 0 aliphatic carbocycles. The van der Waals surface area contributed by atoms with Crippen LogP contribution in [0.25, 0.3) is 0 Å². The SMILES string of the molecule is Cc1ccccc1S(=O)[O-].[Fe].[cH-]1[cH-][cH-][cH-][cH-]1.c1cc[cH-]c1. The van der Waals surface area contributed by atoms with E-state index in [-0.39, 0.29) is 17.1 Å². The van der Waals surface area contributed by atoms with Gasteiger partial charge in [-0.2, -0.15) is 18.2 Å². The summed E-state index contributed by atoms with van der Waals surface area (Å²) in [7, 11) is 0. The van der Waals surface area contributed by atoms with Gasteiger partial charge in [-0.3, -0.25) is 4.21 Å². The number of hydrogen-bond acceptors (Lipinski definition) is 2. The van der Waals surface area contributed by atoms with Gasteiger partial charge in [0.1, 0.15) is 0 Å². The van der Waals surface area contributed by atoms with Gasteiger partial charge in [-0.1, -0.05) is 18.2 Å². The van der Waals surface area contributed by atoms with Gasteiger partial charge in [-0.15, -0.1) is 0 Å². The van der Waals surface area contributed by atoms with E-state index in [0.29, 0.717) is 4.90 Å². The van der Waals surface area contributed by atoms with Gasteiger partial charge in [0.15, 0.2) is 0 Å². The molecule has 0 aliphatic heterocycles. The van der Waals surface area contributed by atoms with E-state index in [0.717, 1.165) is 5.56 Å². The molecule has 3 aromatic carbocycles. The molecule has 0 saturated carbocycles. The predicted molar refractivity (Wildman–Crippen MR) is 82.4 cm³/mol. The molecule has 0 aliphatic rings. The van der Waals surface area contributed by atoms with Crippen molar-refractivity contribution in [2.75, 3.05) is 0 Å². The first kappa shape index (κ1) is 19.5. The average molecular weight is 341 g/mol. The van der Waals surface area contributed by atoms with Crippen molar-refractivity contribution in [3.63, 3.8) is 0 Å². The van der Waals surface area contributed by atoms with E-state index >= 15 is 0 Å². The Morgan fingerprint density at radius 1 is 0.905 bits per heavy atom. The molecule has 118 valence electrons. The second kappa shape index (κ2) is 12.3. The summed E-state index contributed by atoms with van der Waals surface area (Å²) in [5, 5.41) is 0. The molecule has 0 fully saturated rings. The van der Waals surface area contributed by atoms with E-state index in [1.54, 1.807) is 25.1 Å². The minimum Gasteiger partial charge on any atom is -0.768 e. The number of rotatable bonds is 1. The Morgan fingerprint density at radius 2 is 1.38 bits per heavy atom. The van der Waals surface area contributed by atoms with Crippen molar-refractivity contribution in [1.82, 2.24) is 0 Å². The summed E-state index contributed by atoms with van der Waals surface area (Å²) < 4.78 is 20.8. The van der Waals surface area contributed by atoms with Crippen LogP contribution in [0.15, 0.2) is 89.8 Å². The van der Waals surface area contributed by atoms with Gasteiger partial charge in [-0.25, -0.2) is 12.1 Å². The molecular weight excluding hydrogens is 324 g/mol. The van der Waals surface area contributed by atoms with Crippen molar-refractivity contribution in [2.45, 2.75) is 11.8 Å². The third-order valence-corrected chi connectivity index (χ3v) is 3.20. The molecule has 0 saturated heterocycles. The van der Waals surface area contributed by atoms with Crippen molar-refractivity contribution >= 4 is 11.1 Å². The second-order valence-corrected chi connectivity index (χ2v) is 4.83. The van der Waals surface area contributed by atoms with E-state index in [1.165, 1.54) is 0 Å². The van der Waals surface area contributed by atoms with Crippen LogP contribution in [0.1, 0.15) is 5.56 Å². The van der Waals surface area contributed by atoms with Crippen molar-refractivity contribution < 1.29 is 25.8 Å². The van der Waals surface area contributed by atoms with E-state index in [1.807, 2.05) is 66.7 Å². The van der Waals surface area contributed by atoms with Crippen LogP contribution in [0.4, 0.5) is 0 Å². The second-order valence-electron chi connectivity index (χ2n) is 3.92. The van der Waals surface area contributed by atoms with Gasteiger partial charge < -0.3 is 34.9 Å². The zero-order valence-electron chi connectivity index (χ0n) is 11.7. The molecule has 4 heteroatoms. The summed E-state index contributed by atoms with van der Waals surface area (Å²) in [5.74, 6) is 0. The Hall–Kier alpha value is -1.45. The summed E-state index contributed by atoms with van der Waals surface area (Å²) >= 11 is -2.09. The van der Waals surface area contributed by atoms with Gasteiger partial charge in [0.05, 0.1) is 0 Å². The maximum absolute atomic E-state index is 10.4. The Labute approximate surface area is 139 Å². The molecule has 1 atom stereocenters. The standard InChI is InChI=1S/C7H8O2S.2C5H5.Fe/c1-6-4-2-3-5-7(6)10(8)9;2*1-2-4-5-3-1;/h2-5H,1H3,(H,8,9);2*1-5H;/q;-5;-1;/p-1. The van der Waals surface area contributed by atoms with Crippen LogP contribution in [-0.2, 0) is 28.1 Å². The molecule has 0 heterocycles. The van der Waals surface area contributed by atoms with Crippen LogP contribution in [-0.4, -0.2) is 8.76 Å². The fourth-order valence-electron chi connectivity index (χ4n) is 1.38. The number of aryl methyl sites for hydroxylation is 1. The molecular formula is C17H17FeO2S-7. The first-order chi connectivity index (χ1) is 9.72. The third kappa shape index (κ3) is 9.16. The van der Waals surface area contributed by atoms with Crippen molar-refractivity contribution in [3.8, 4) is 0 Å². The zero-order chi connectivity index (χ0) is 14.6. The maximum Gasteiger partial charge on any atom is 0.0277 e.